The van der Waals surface area contributed by atoms with Gasteiger partial charge in [-0.1, -0.05) is 12.1 Å². The van der Waals surface area contributed by atoms with E-state index in [0.717, 1.165) is 0 Å². The molecule has 0 amide bonds. The molecule has 0 radical (unpaired) electrons. The van der Waals surface area contributed by atoms with Crippen molar-refractivity contribution in [2.24, 2.45) is 0 Å². The summed E-state index contributed by atoms with van der Waals surface area (Å²) in [5, 5.41) is 0. The Labute approximate surface area is 152 Å². The van der Waals surface area contributed by atoms with Gasteiger partial charge in [0, 0.05) is 11.6 Å². The third-order valence-electron chi connectivity index (χ3n) is 3.87. The van der Waals surface area contributed by atoms with E-state index in [1.807, 2.05) is 0 Å². The highest BCUT2D eigenvalue weighted by Gasteiger charge is 2.31. The van der Waals surface area contributed by atoms with Gasteiger partial charge in [-0.15, -0.1) is 0 Å². The topological polar surface area (TPSA) is 71.1 Å². The van der Waals surface area contributed by atoms with Crippen LogP contribution in [0.5, 0.6) is 17.2 Å². The first kappa shape index (κ1) is 19.3. The van der Waals surface area contributed by atoms with E-state index >= 15 is 0 Å². The minimum Gasteiger partial charge on any atom is -0.497 e. The maximum absolute atomic E-state index is 13.1. The normalized spacial score (nSPS) is 11.4. The first-order chi connectivity index (χ1) is 12.5. The first-order valence-electron chi connectivity index (χ1n) is 8.11. The van der Waals surface area contributed by atoms with E-state index in [-0.39, 0.29) is 6.61 Å². The molecule has 6 heteroatoms. The molecule has 6 nitrogen and oxygen atoms in total. The number of ketones is 1. The smallest absolute Gasteiger partial charge is 0.321 e. The number of hydrogen-bond acceptors (Lipinski definition) is 6. The minimum atomic E-state index is -1.09. The van der Waals surface area contributed by atoms with E-state index in [1.165, 1.54) is 14.2 Å². The molecule has 0 aliphatic rings. The van der Waals surface area contributed by atoms with Gasteiger partial charge in [-0.2, -0.15) is 0 Å². The molecule has 2 aromatic carbocycles. The summed E-state index contributed by atoms with van der Waals surface area (Å²) >= 11 is 0. The molecule has 0 spiro atoms. The highest BCUT2D eigenvalue weighted by Crippen LogP contribution is 2.29. The van der Waals surface area contributed by atoms with Crippen molar-refractivity contribution in [1.82, 2.24) is 0 Å². The van der Waals surface area contributed by atoms with Crippen molar-refractivity contribution in [2.75, 3.05) is 27.9 Å². The summed E-state index contributed by atoms with van der Waals surface area (Å²) < 4.78 is 20.7. The van der Waals surface area contributed by atoms with Gasteiger partial charge < -0.3 is 18.9 Å². The average Bonchev–Trinajstić information content (AvgIpc) is 2.68. The number of carbonyl (C=O) groups excluding carboxylic acids is 2. The molecule has 0 N–H and O–H groups in total. The van der Waals surface area contributed by atoms with E-state index in [9.17, 15) is 9.59 Å². The molecule has 1 atom stereocenters. The molecule has 0 bridgehead atoms. The van der Waals surface area contributed by atoms with Crippen molar-refractivity contribution in [2.45, 2.75) is 12.8 Å². The maximum Gasteiger partial charge on any atom is 0.321 e. The number of ether oxygens (including phenoxy) is 4. The second kappa shape index (κ2) is 8.89. The maximum atomic E-state index is 13.1. The zero-order valence-corrected chi connectivity index (χ0v) is 15.3. The summed E-state index contributed by atoms with van der Waals surface area (Å²) in [6.45, 7) is 1.88. The van der Waals surface area contributed by atoms with Crippen molar-refractivity contribution in [1.29, 1.82) is 0 Å². The first-order valence-corrected chi connectivity index (χ1v) is 8.11. The van der Waals surface area contributed by atoms with Gasteiger partial charge in [-0.25, -0.2) is 0 Å². The van der Waals surface area contributed by atoms with Gasteiger partial charge >= 0.3 is 5.97 Å². The van der Waals surface area contributed by atoms with Gasteiger partial charge in [-0.3, -0.25) is 9.59 Å². The van der Waals surface area contributed by atoms with Crippen molar-refractivity contribution in [3.8, 4) is 17.2 Å². The molecule has 2 rings (SSSR count). The molecule has 0 fully saturated rings. The molecular formula is C20H22O6. The van der Waals surface area contributed by atoms with Gasteiger partial charge in [-0.05, 0) is 36.8 Å². The summed E-state index contributed by atoms with van der Waals surface area (Å²) in [5.41, 5.74) is 0.825. The Morgan fingerprint density at radius 3 is 1.85 bits per heavy atom. The Kier molecular flexibility index (Phi) is 6.60. The minimum absolute atomic E-state index is 0.181. The molecule has 0 saturated carbocycles. The average molecular weight is 358 g/mol. The lowest BCUT2D eigenvalue weighted by atomic mass is 9.90. The zero-order valence-electron chi connectivity index (χ0n) is 15.3. The van der Waals surface area contributed by atoms with Crippen LogP contribution in [-0.4, -0.2) is 39.7 Å². The Bertz CT molecular complexity index is 744. The van der Waals surface area contributed by atoms with Crippen molar-refractivity contribution >= 4 is 11.8 Å². The Morgan fingerprint density at radius 1 is 0.846 bits per heavy atom. The lowest BCUT2D eigenvalue weighted by Crippen LogP contribution is -2.24. The van der Waals surface area contributed by atoms with Crippen LogP contribution in [-0.2, 0) is 9.53 Å². The molecule has 2 aromatic rings. The summed E-state index contributed by atoms with van der Waals surface area (Å²) in [6, 6.07) is 11.5. The predicted octanol–water partition coefficient (Wildman–Crippen LogP) is 3.24. The zero-order chi connectivity index (χ0) is 19.1. The highest BCUT2D eigenvalue weighted by atomic mass is 16.5. The number of benzene rings is 2. The molecule has 138 valence electrons. The van der Waals surface area contributed by atoms with E-state index in [2.05, 4.69) is 0 Å². The second-order valence-corrected chi connectivity index (χ2v) is 5.42. The molecule has 0 aliphatic heterocycles. The molecule has 0 saturated heterocycles. The molecule has 0 heterocycles. The van der Waals surface area contributed by atoms with Crippen molar-refractivity contribution < 1.29 is 28.5 Å². The fraction of sp³-hybridized carbons (Fsp3) is 0.300. The fourth-order valence-corrected chi connectivity index (χ4v) is 2.53. The Morgan fingerprint density at radius 2 is 1.38 bits per heavy atom. The van der Waals surface area contributed by atoms with Crippen LogP contribution >= 0.6 is 0 Å². The summed E-state index contributed by atoms with van der Waals surface area (Å²) in [5.74, 6) is -0.533. The van der Waals surface area contributed by atoms with Crippen LogP contribution in [0, 0.1) is 0 Å². The van der Waals surface area contributed by atoms with Crippen molar-refractivity contribution in [3.05, 3.63) is 53.6 Å². The second-order valence-electron chi connectivity index (χ2n) is 5.42. The van der Waals surface area contributed by atoms with Crippen LogP contribution < -0.4 is 14.2 Å². The molecular weight excluding hydrogens is 336 g/mol. The van der Waals surface area contributed by atoms with Crippen LogP contribution in [0.2, 0.25) is 0 Å². The van der Waals surface area contributed by atoms with Crippen LogP contribution in [0.4, 0.5) is 0 Å². The number of carbonyl (C=O) groups is 2. The van der Waals surface area contributed by atoms with E-state index in [4.69, 9.17) is 18.9 Å². The molecule has 1 unspecified atom stereocenters. The fourth-order valence-electron chi connectivity index (χ4n) is 2.53. The van der Waals surface area contributed by atoms with Crippen LogP contribution in [0.1, 0.15) is 28.8 Å². The largest absolute Gasteiger partial charge is 0.497 e. The Balaban J connectivity index is 2.47. The van der Waals surface area contributed by atoms with Crippen LogP contribution in [0.3, 0.4) is 0 Å². The summed E-state index contributed by atoms with van der Waals surface area (Å²) in [4.78, 5) is 25.6. The third kappa shape index (κ3) is 4.33. The molecule has 0 aromatic heterocycles. The number of rotatable bonds is 8. The number of hydrogen-bond donors (Lipinski definition) is 0. The van der Waals surface area contributed by atoms with E-state index in [1.54, 1.807) is 56.5 Å². The van der Waals surface area contributed by atoms with Gasteiger partial charge in [0.25, 0.3) is 0 Å². The van der Waals surface area contributed by atoms with Gasteiger partial charge in [0.2, 0.25) is 0 Å². The van der Waals surface area contributed by atoms with Crippen LogP contribution in [0.15, 0.2) is 42.5 Å². The van der Waals surface area contributed by atoms with E-state index in [0.29, 0.717) is 28.4 Å². The molecule has 26 heavy (non-hydrogen) atoms. The van der Waals surface area contributed by atoms with Gasteiger partial charge in [0.1, 0.15) is 23.2 Å². The summed E-state index contributed by atoms with van der Waals surface area (Å²) in [7, 11) is 4.54. The number of esters is 1. The highest BCUT2D eigenvalue weighted by molar-refractivity contribution is 6.13. The third-order valence-corrected chi connectivity index (χ3v) is 3.87. The lowest BCUT2D eigenvalue weighted by molar-refractivity contribution is -0.143. The quantitative estimate of drug-likeness (QED) is 0.410. The number of methoxy groups -OCH3 is 3. The lowest BCUT2D eigenvalue weighted by Gasteiger charge is -2.16. The monoisotopic (exact) mass is 358 g/mol. The number of Topliss-reactive ketones (excluding diaryl/α,β-unsaturated/α-hetero) is 1. The standard InChI is InChI=1S/C20H22O6/c1-5-26-20(22)18(13-6-8-15(23-2)9-7-13)19(21)14-10-16(24-3)12-17(11-14)25-4/h6-12,18H,5H2,1-4H3. The predicted molar refractivity (Wildman–Crippen MR) is 96.2 cm³/mol. The Hall–Kier alpha value is -3.02. The SMILES string of the molecule is CCOC(=O)C(C(=O)c1cc(OC)cc(OC)c1)c1ccc(OC)cc1. The van der Waals surface area contributed by atoms with Crippen molar-refractivity contribution in [3.63, 3.8) is 0 Å². The van der Waals surface area contributed by atoms with Gasteiger partial charge in [0.05, 0.1) is 27.9 Å². The summed E-state index contributed by atoms with van der Waals surface area (Å²) in [6.07, 6.45) is 0. The van der Waals surface area contributed by atoms with Gasteiger partial charge in [0.15, 0.2) is 5.78 Å². The molecule has 0 aliphatic carbocycles. The van der Waals surface area contributed by atoms with E-state index < -0.39 is 17.7 Å². The van der Waals surface area contributed by atoms with Crippen LogP contribution in [0.25, 0.3) is 0 Å².